The van der Waals surface area contributed by atoms with Gasteiger partial charge in [-0.3, -0.25) is 19.3 Å². The van der Waals surface area contributed by atoms with Crippen LogP contribution < -0.4 is 20.9 Å². The zero-order valence-electron chi connectivity index (χ0n) is 38.7. The Hall–Kier alpha value is -6.84. The van der Waals surface area contributed by atoms with Crippen molar-refractivity contribution in [3.8, 4) is 11.5 Å². The molecule has 14 nitrogen and oxygen atoms in total. The van der Waals surface area contributed by atoms with Crippen LogP contribution in [0.1, 0.15) is 75.5 Å². The Morgan fingerprint density at radius 3 is 2.28 bits per heavy atom. The fourth-order valence-corrected chi connectivity index (χ4v) is 9.68. The molecule has 6 aromatic rings. The number of aliphatic carboxylic acids is 1. The van der Waals surface area contributed by atoms with Gasteiger partial charge in [0.2, 0.25) is 11.2 Å². The maximum Gasteiger partial charge on any atom is 0.345 e. The lowest BCUT2D eigenvalue weighted by atomic mass is 9.80. The number of carboxylic acids is 1. The van der Waals surface area contributed by atoms with Crippen LogP contribution in [0.4, 0.5) is 0 Å². The molecule has 0 aliphatic carbocycles. The van der Waals surface area contributed by atoms with E-state index in [4.69, 9.17) is 4.74 Å². The summed E-state index contributed by atoms with van der Waals surface area (Å²) in [6, 6.07) is 37.5. The molecule has 0 radical (unpaired) electrons. The van der Waals surface area contributed by atoms with Gasteiger partial charge in [-0.25, -0.2) is 4.79 Å². The van der Waals surface area contributed by atoms with Gasteiger partial charge in [-0.05, 0) is 129 Å². The van der Waals surface area contributed by atoms with E-state index in [1.54, 1.807) is 42.5 Å². The molecule has 2 saturated heterocycles. The number of rotatable bonds is 19. The molecular formula is C55H61N5O9. The predicted molar refractivity (Wildman–Crippen MR) is 263 cm³/mol. The Bertz CT molecular complexity index is 2770. The number of aromatic amines is 1. The quantitative estimate of drug-likeness (QED) is 0.0475. The molecular weight excluding hydrogens is 875 g/mol. The van der Waals surface area contributed by atoms with Crippen LogP contribution >= 0.6 is 0 Å². The molecule has 0 spiro atoms. The first-order valence-electron chi connectivity index (χ1n) is 23.9. The van der Waals surface area contributed by atoms with Crippen molar-refractivity contribution < 1.29 is 39.5 Å². The largest absolute Gasteiger partial charge is 0.506 e. The van der Waals surface area contributed by atoms with Crippen LogP contribution in [0.25, 0.3) is 10.9 Å². The van der Waals surface area contributed by atoms with Crippen LogP contribution in [0.3, 0.4) is 0 Å². The summed E-state index contributed by atoms with van der Waals surface area (Å²) in [4.78, 5) is 57.9. The molecule has 1 aromatic heterocycles. The average Bonchev–Trinajstić information content (AvgIpc) is 3.37. The zero-order chi connectivity index (χ0) is 48.3. The molecule has 0 saturated carbocycles. The SMILES string of the molecule is O=C(COc1cccc([C@@](O)(C(=O)O)c2ccccc2CC2CCN(Cc3ccccc3)CC2)c1)NCC1CCN(C(=O)c2ccc(CCNC[C@H](O)c3ccc(O)c4[nH]c(=O)ccc34)cc2)CC1. The smallest absolute Gasteiger partial charge is 0.345 e. The Labute approximate surface area is 401 Å². The minimum Gasteiger partial charge on any atom is -0.506 e. The highest BCUT2D eigenvalue weighted by Gasteiger charge is 2.42. The number of pyridine rings is 1. The average molecular weight is 936 g/mol. The lowest BCUT2D eigenvalue weighted by molar-refractivity contribution is -0.155. The topological polar surface area (TPSA) is 205 Å². The third-order valence-electron chi connectivity index (χ3n) is 13.7. The second kappa shape index (κ2) is 22.5. The fraction of sp³-hybridized carbons (Fsp3) is 0.345. The number of carbonyl (C=O) groups excluding carboxylic acids is 2. The number of phenols is 1. The fourth-order valence-electron chi connectivity index (χ4n) is 9.68. The monoisotopic (exact) mass is 935 g/mol. The highest BCUT2D eigenvalue weighted by atomic mass is 16.5. The summed E-state index contributed by atoms with van der Waals surface area (Å²) >= 11 is 0. The Kier molecular flexibility index (Phi) is 15.9. The summed E-state index contributed by atoms with van der Waals surface area (Å²) in [6.07, 6.45) is 3.87. The summed E-state index contributed by atoms with van der Waals surface area (Å²) in [5, 5.41) is 50.4. The number of phenolic OH excluding ortho intramolecular Hbond substituents is 1. The van der Waals surface area contributed by atoms with E-state index in [1.165, 1.54) is 23.8 Å². The number of amides is 2. The molecule has 0 unspecified atom stereocenters. The number of aliphatic hydroxyl groups excluding tert-OH is 1. The van der Waals surface area contributed by atoms with Crippen molar-refractivity contribution >= 4 is 28.7 Å². The molecule has 2 atom stereocenters. The van der Waals surface area contributed by atoms with E-state index in [9.17, 15) is 39.6 Å². The lowest BCUT2D eigenvalue weighted by Crippen LogP contribution is -2.42. The van der Waals surface area contributed by atoms with Crippen LogP contribution in [-0.2, 0) is 34.6 Å². The van der Waals surface area contributed by atoms with Gasteiger partial charge in [-0.2, -0.15) is 0 Å². The highest BCUT2D eigenvalue weighted by Crippen LogP contribution is 2.36. The van der Waals surface area contributed by atoms with Crippen molar-refractivity contribution in [1.29, 1.82) is 0 Å². The molecule has 0 bridgehead atoms. The van der Waals surface area contributed by atoms with Crippen LogP contribution in [0.2, 0.25) is 0 Å². The van der Waals surface area contributed by atoms with Gasteiger partial charge in [0.05, 0.1) is 11.6 Å². The molecule has 360 valence electrons. The van der Waals surface area contributed by atoms with E-state index in [0.717, 1.165) is 56.4 Å². The Morgan fingerprint density at radius 1 is 0.797 bits per heavy atom. The number of fused-ring (bicyclic) bond motifs is 1. The van der Waals surface area contributed by atoms with E-state index in [0.29, 0.717) is 67.0 Å². The Balaban J connectivity index is 0.758. The number of nitrogens with one attached hydrogen (secondary N) is 3. The van der Waals surface area contributed by atoms with Crippen molar-refractivity contribution in [2.45, 2.75) is 56.8 Å². The third kappa shape index (κ3) is 12.1. The summed E-state index contributed by atoms with van der Waals surface area (Å²) in [5.74, 6) is -1.04. The van der Waals surface area contributed by atoms with Gasteiger partial charge in [0.25, 0.3) is 11.8 Å². The number of hydrogen-bond acceptors (Lipinski definition) is 10. The number of ether oxygens (including phenoxy) is 1. The minimum absolute atomic E-state index is 0.0444. The molecule has 69 heavy (non-hydrogen) atoms. The maximum absolute atomic E-state index is 13.4. The van der Waals surface area contributed by atoms with Crippen molar-refractivity contribution in [2.24, 2.45) is 11.8 Å². The molecule has 2 fully saturated rings. The predicted octanol–water partition coefficient (Wildman–Crippen LogP) is 5.92. The van der Waals surface area contributed by atoms with Crippen LogP contribution in [0.5, 0.6) is 11.5 Å². The number of likely N-dealkylation sites (tertiary alicyclic amines) is 2. The van der Waals surface area contributed by atoms with E-state index >= 15 is 0 Å². The first kappa shape index (κ1) is 48.6. The Morgan fingerprint density at radius 2 is 1.52 bits per heavy atom. The number of aromatic nitrogens is 1. The van der Waals surface area contributed by atoms with E-state index in [1.807, 2.05) is 47.4 Å². The number of piperidine rings is 2. The zero-order valence-corrected chi connectivity index (χ0v) is 38.7. The van der Waals surface area contributed by atoms with E-state index in [2.05, 4.69) is 44.8 Å². The summed E-state index contributed by atoms with van der Waals surface area (Å²) in [6.45, 7) is 4.92. The first-order valence-corrected chi connectivity index (χ1v) is 23.9. The van der Waals surface area contributed by atoms with Crippen molar-refractivity contribution in [3.05, 3.63) is 177 Å². The van der Waals surface area contributed by atoms with Gasteiger partial charge in [0, 0.05) is 60.9 Å². The first-order chi connectivity index (χ1) is 33.4. The lowest BCUT2D eigenvalue weighted by Gasteiger charge is -2.33. The van der Waals surface area contributed by atoms with Gasteiger partial charge in [-0.15, -0.1) is 0 Å². The number of aliphatic hydroxyl groups is 2. The highest BCUT2D eigenvalue weighted by molar-refractivity contribution is 5.94. The van der Waals surface area contributed by atoms with Crippen LogP contribution in [0.15, 0.2) is 132 Å². The number of aromatic hydroxyl groups is 1. The summed E-state index contributed by atoms with van der Waals surface area (Å²) < 4.78 is 5.84. The second-order valence-electron chi connectivity index (χ2n) is 18.4. The standard InChI is InChI=1S/C55H61N5O9/c61-48-19-17-45(46-18-20-50(63)58-52(46)48)49(62)34-56-26-21-37-13-15-41(16-14-37)53(65)60-29-24-39(25-30-60)33-57-51(64)36-69-44-11-6-10-43(32-44)55(68,54(66)67)47-12-5-4-9-42(47)31-38-22-27-59(28-23-38)35-40-7-2-1-3-8-40/h1-20,32,38-39,49,56,61-62,68H,21-31,33-36H2,(H,57,64)(H,58,63)(H,66,67)/t49-,55-/m0/s1. The van der Waals surface area contributed by atoms with Crippen LogP contribution in [0, 0.1) is 11.8 Å². The maximum atomic E-state index is 13.4. The number of carboxylic acid groups (broad SMARTS) is 1. The normalized spacial score (nSPS) is 16.2. The van der Waals surface area contributed by atoms with Crippen LogP contribution in [-0.4, -0.2) is 105 Å². The van der Waals surface area contributed by atoms with Gasteiger partial charge in [0.1, 0.15) is 11.5 Å². The molecule has 8 rings (SSSR count). The second-order valence-corrected chi connectivity index (χ2v) is 18.4. The van der Waals surface area contributed by atoms with E-state index < -0.39 is 17.7 Å². The van der Waals surface area contributed by atoms with Gasteiger partial charge >= 0.3 is 5.97 Å². The van der Waals surface area contributed by atoms with Crippen molar-refractivity contribution in [3.63, 3.8) is 0 Å². The number of hydrogen-bond donors (Lipinski definition) is 7. The van der Waals surface area contributed by atoms with Gasteiger partial charge in [-0.1, -0.05) is 84.9 Å². The molecule has 2 aliphatic rings. The number of nitrogens with zero attached hydrogens (tertiary/aromatic N) is 2. The molecule has 2 aliphatic heterocycles. The molecule has 7 N–H and O–H groups in total. The summed E-state index contributed by atoms with van der Waals surface area (Å²) in [5.41, 5.74) is 2.38. The third-order valence-corrected chi connectivity index (χ3v) is 13.7. The van der Waals surface area contributed by atoms with Gasteiger partial charge in [0.15, 0.2) is 6.61 Å². The van der Waals surface area contributed by atoms with Crippen molar-refractivity contribution in [2.75, 3.05) is 52.4 Å². The molecule has 2 amide bonds. The van der Waals surface area contributed by atoms with Crippen molar-refractivity contribution in [1.82, 2.24) is 25.4 Å². The number of H-pyrrole nitrogens is 1. The number of benzene rings is 5. The molecule has 14 heteroatoms. The van der Waals surface area contributed by atoms with Gasteiger partial charge < -0.3 is 45.7 Å². The molecule has 5 aromatic carbocycles. The number of carbonyl (C=O) groups is 3. The minimum atomic E-state index is -2.34. The molecule has 3 heterocycles. The van der Waals surface area contributed by atoms with E-state index in [-0.39, 0.29) is 59.0 Å². The summed E-state index contributed by atoms with van der Waals surface area (Å²) in [7, 11) is 0.